The molecule has 5 nitrogen and oxygen atoms in total. The molecule has 2 N–H and O–H groups in total. The van der Waals surface area contributed by atoms with Crippen molar-refractivity contribution in [3.05, 3.63) is 17.0 Å². The second kappa shape index (κ2) is 6.54. The predicted octanol–water partition coefficient (Wildman–Crippen LogP) is 2.09. The van der Waals surface area contributed by atoms with E-state index < -0.39 is 12.0 Å². The molecule has 1 aromatic rings. The van der Waals surface area contributed by atoms with Gasteiger partial charge in [-0.05, 0) is 45.6 Å². The summed E-state index contributed by atoms with van der Waals surface area (Å²) >= 11 is 1.53. The van der Waals surface area contributed by atoms with Gasteiger partial charge in [0, 0.05) is 23.2 Å². The van der Waals surface area contributed by atoms with E-state index in [0.717, 1.165) is 34.9 Å². The molecule has 0 radical (unpaired) electrons. The SMILES string of the molecule is Cc1nc(SCCC(NC2CC2)C(=O)O)nc(C)c1C. The number of carboxylic acids is 1. The van der Waals surface area contributed by atoms with Gasteiger partial charge in [0.1, 0.15) is 6.04 Å². The maximum Gasteiger partial charge on any atom is 0.320 e. The molecule has 110 valence electrons. The van der Waals surface area contributed by atoms with Gasteiger partial charge in [-0.15, -0.1) is 0 Å². The lowest BCUT2D eigenvalue weighted by Crippen LogP contribution is -2.38. The van der Waals surface area contributed by atoms with Crippen LogP contribution in [0.5, 0.6) is 0 Å². The Morgan fingerprint density at radius 3 is 2.45 bits per heavy atom. The fourth-order valence-electron chi connectivity index (χ4n) is 1.89. The van der Waals surface area contributed by atoms with Gasteiger partial charge < -0.3 is 10.4 Å². The molecular formula is C14H21N3O2S. The molecule has 20 heavy (non-hydrogen) atoms. The zero-order valence-electron chi connectivity index (χ0n) is 12.1. The Kier molecular flexibility index (Phi) is 4.99. The van der Waals surface area contributed by atoms with E-state index >= 15 is 0 Å². The zero-order chi connectivity index (χ0) is 14.7. The summed E-state index contributed by atoms with van der Waals surface area (Å²) in [4.78, 5) is 20.0. The van der Waals surface area contributed by atoms with E-state index in [0.29, 0.717) is 18.2 Å². The molecule has 1 aliphatic rings. The van der Waals surface area contributed by atoms with E-state index in [-0.39, 0.29) is 0 Å². The molecule has 1 fully saturated rings. The van der Waals surface area contributed by atoms with Crippen molar-refractivity contribution >= 4 is 17.7 Å². The molecule has 0 aliphatic heterocycles. The third kappa shape index (κ3) is 4.18. The van der Waals surface area contributed by atoms with E-state index in [1.165, 1.54) is 11.8 Å². The van der Waals surface area contributed by atoms with Crippen LogP contribution in [0.1, 0.15) is 36.2 Å². The molecule has 6 heteroatoms. The van der Waals surface area contributed by atoms with Gasteiger partial charge in [0.2, 0.25) is 0 Å². The second-order valence-electron chi connectivity index (χ2n) is 5.27. The normalized spacial score (nSPS) is 16.1. The summed E-state index contributed by atoms with van der Waals surface area (Å²) in [6.45, 7) is 5.96. The fraction of sp³-hybridized carbons (Fsp3) is 0.643. The summed E-state index contributed by atoms with van der Waals surface area (Å²) in [6, 6.07) is -0.0520. The van der Waals surface area contributed by atoms with Crippen LogP contribution in [0.3, 0.4) is 0 Å². The lowest BCUT2D eigenvalue weighted by atomic mass is 10.2. The van der Waals surface area contributed by atoms with Crippen LogP contribution < -0.4 is 5.32 Å². The van der Waals surface area contributed by atoms with Crippen molar-refractivity contribution in [1.82, 2.24) is 15.3 Å². The zero-order valence-corrected chi connectivity index (χ0v) is 13.0. The van der Waals surface area contributed by atoms with E-state index in [1.807, 2.05) is 20.8 Å². The molecule has 1 aromatic heterocycles. The Bertz CT molecular complexity index is 480. The van der Waals surface area contributed by atoms with E-state index in [4.69, 9.17) is 5.11 Å². The van der Waals surface area contributed by atoms with E-state index in [2.05, 4.69) is 15.3 Å². The van der Waals surface area contributed by atoms with Gasteiger partial charge in [-0.1, -0.05) is 11.8 Å². The number of nitrogens with one attached hydrogen (secondary N) is 1. The van der Waals surface area contributed by atoms with Crippen molar-refractivity contribution in [2.75, 3.05) is 5.75 Å². The number of aromatic nitrogens is 2. The first-order valence-electron chi connectivity index (χ1n) is 6.91. The molecule has 1 atom stereocenters. The summed E-state index contributed by atoms with van der Waals surface area (Å²) < 4.78 is 0. The van der Waals surface area contributed by atoms with Crippen molar-refractivity contribution in [3.8, 4) is 0 Å². The summed E-state index contributed by atoms with van der Waals surface area (Å²) in [5.74, 6) is -0.0618. The molecule has 1 unspecified atom stereocenters. The molecule has 0 spiro atoms. The van der Waals surface area contributed by atoms with Gasteiger partial charge >= 0.3 is 5.97 Å². The van der Waals surface area contributed by atoms with Crippen LogP contribution in [0, 0.1) is 20.8 Å². The molecule has 1 aliphatic carbocycles. The van der Waals surface area contributed by atoms with Crippen molar-refractivity contribution < 1.29 is 9.90 Å². The average molecular weight is 295 g/mol. The summed E-state index contributed by atoms with van der Waals surface area (Å²) in [6.07, 6.45) is 2.78. The Labute approximate surface area is 123 Å². The number of hydrogen-bond acceptors (Lipinski definition) is 5. The van der Waals surface area contributed by atoms with Crippen LogP contribution in [0.15, 0.2) is 5.16 Å². The Morgan fingerprint density at radius 1 is 1.35 bits per heavy atom. The third-order valence-corrected chi connectivity index (χ3v) is 4.44. The monoisotopic (exact) mass is 295 g/mol. The molecule has 2 rings (SSSR count). The van der Waals surface area contributed by atoms with E-state index in [1.54, 1.807) is 0 Å². The molecular weight excluding hydrogens is 274 g/mol. The molecule has 0 bridgehead atoms. The number of hydrogen-bond donors (Lipinski definition) is 2. The standard InChI is InChI=1S/C14H21N3O2S/c1-8-9(2)15-14(16-10(8)3)20-7-6-12(13(18)19)17-11-4-5-11/h11-12,17H,4-7H2,1-3H3,(H,18,19). The highest BCUT2D eigenvalue weighted by atomic mass is 32.2. The average Bonchev–Trinajstić information content (AvgIpc) is 3.18. The van der Waals surface area contributed by atoms with Crippen LogP contribution in [0.4, 0.5) is 0 Å². The summed E-state index contributed by atoms with van der Waals surface area (Å²) in [5.41, 5.74) is 3.10. The molecule has 1 heterocycles. The lowest BCUT2D eigenvalue weighted by Gasteiger charge is -2.13. The Morgan fingerprint density at radius 2 is 1.95 bits per heavy atom. The van der Waals surface area contributed by atoms with Gasteiger partial charge in [0.05, 0.1) is 0 Å². The molecule has 0 aromatic carbocycles. The first-order chi connectivity index (χ1) is 9.47. The lowest BCUT2D eigenvalue weighted by molar-refractivity contribution is -0.139. The van der Waals surface area contributed by atoms with Crippen molar-refractivity contribution in [2.45, 2.75) is 57.3 Å². The highest BCUT2D eigenvalue weighted by molar-refractivity contribution is 7.99. The first kappa shape index (κ1) is 15.3. The van der Waals surface area contributed by atoms with Gasteiger partial charge in [0.25, 0.3) is 0 Å². The van der Waals surface area contributed by atoms with Crippen molar-refractivity contribution in [1.29, 1.82) is 0 Å². The van der Waals surface area contributed by atoms with Gasteiger partial charge in [0.15, 0.2) is 5.16 Å². The highest BCUT2D eigenvalue weighted by Crippen LogP contribution is 2.22. The number of carboxylic acid groups (broad SMARTS) is 1. The van der Waals surface area contributed by atoms with Crippen LogP contribution >= 0.6 is 11.8 Å². The highest BCUT2D eigenvalue weighted by Gasteiger charge is 2.27. The number of rotatable bonds is 7. The number of aryl methyl sites for hydroxylation is 2. The van der Waals surface area contributed by atoms with Crippen molar-refractivity contribution in [2.24, 2.45) is 0 Å². The molecule has 0 amide bonds. The molecule has 1 saturated carbocycles. The quantitative estimate of drug-likeness (QED) is 0.592. The Balaban J connectivity index is 1.86. The predicted molar refractivity (Wildman–Crippen MR) is 79.2 cm³/mol. The topological polar surface area (TPSA) is 75.1 Å². The number of thioether (sulfide) groups is 1. The minimum atomic E-state index is -0.769. The third-order valence-electron chi connectivity index (χ3n) is 3.56. The number of nitrogens with zero attached hydrogens (tertiary/aromatic N) is 2. The summed E-state index contributed by atoms with van der Waals surface area (Å²) in [5, 5.41) is 13.1. The van der Waals surface area contributed by atoms with Crippen LogP contribution in [0.25, 0.3) is 0 Å². The maximum absolute atomic E-state index is 11.2. The minimum Gasteiger partial charge on any atom is -0.480 e. The minimum absolute atomic E-state index is 0.404. The van der Waals surface area contributed by atoms with Gasteiger partial charge in [-0.25, -0.2) is 9.97 Å². The molecule has 0 saturated heterocycles. The Hall–Kier alpha value is -1.14. The smallest absolute Gasteiger partial charge is 0.320 e. The van der Waals surface area contributed by atoms with Crippen LogP contribution in [-0.4, -0.2) is 38.9 Å². The second-order valence-corrected chi connectivity index (χ2v) is 6.33. The van der Waals surface area contributed by atoms with Gasteiger partial charge in [-0.3, -0.25) is 4.79 Å². The largest absolute Gasteiger partial charge is 0.480 e. The van der Waals surface area contributed by atoms with Crippen LogP contribution in [-0.2, 0) is 4.79 Å². The van der Waals surface area contributed by atoms with Crippen LogP contribution in [0.2, 0.25) is 0 Å². The first-order valence-corrected chi connectivity index (χ1v) is 7.89. The maximum atomic E-state index is 11.2. The fourth-order valence-corrected chi connectivity index (χ4v) is 2.83. The van der Waals surface area contributed by atoms with Gasteiger partial charge in [-0.2, -0.15) is 0 Å². The van der Waals surface area contributed by atoms with E-state index in [9.17, 15) is 4.79 Å². The number of carbonyl (C=O) groups is 1. The summed E-state index contributed by atoms with van der Waals surface area (Å²) in [7, 11) is 0. The van der Waals surface area contributed by atoms with Crippen molar-refractivity contribution in [3.63, 3.8) is 0 Å². The number of aliphatic carboxylic acids is 1.